The Morgan fingerprint density at radius 3 is 2.36 bits per heavy atom. The topological polar surface area (TPSA) is 12.0 Å². The Balaban J connectivity index is 2.68. The summed E-state index contributed by atoms with van der Waals surface area (Å²) < 4.78 is 0. The van der Waals surface area contributed by atoms with Crippen LogP contribution in [0.25, 0.3) is 0 Å². The summed E-state index contributed by atoms with van der Waals surface area (Å²) >= 11 is 0. The van der Waals surface area contributed by atoms with Gasteiger partial charge in [0.15, 0.2) is 0 Å². The molecule has 1 nitrogen and oxygen atoms in total. The fourth-order valence-corrected chi connectivity index (χ4v) is 3.62. The summed E-state index contributed by atoms with van der Waals surface area (Å²) in [5.74, 6) is 1.73. The lowest BCUT2D eigenvalue weighted by molar-refractivity contribution is 0.253. The maximum Gasteiger partial charge on any atom is 0.00103 e. The van der Waals surface area contributed by atoms with Crippen LogP contribution in [0.4, 0.5) is 0 Å². The second-order valence-corrected chi connectivity index (χ2v) is 5.64. The average molecular weight is 197 g/mol. The van der Waals surface area contributed by atoms with E-state index in [1.54, 1.807) is 0 Å². The molecule has 0 radical (unpaired) electrons. The van der Waals surface area contributed by atoms with Crippen LogP contribution in [0.1, 0.15) is 47.5 Å². The lowest BCUT2D eigenvalue weighted by Gasteiger charge is -2.25. The fourth-order valence-electron chi connectivity index (χ4n) is 3.62. The van der Waals surface area contributed by atoms with E-state index in [9.17, 15) is 0 Å². The van der Waals surface area contributed by atoms with Gasteiger partial charge >= 0.3 is 0 Å². The number of nitrogens with one attached hydrogen (secondary N) is 1. The zero-order chi connectivity index (χ0) is 11.0. The van der Waals surface area contributed by atoms with Crippen LogP contribution in [-0.2, 0) is 0 Å². The van der Waals surface area contributed by atoms with Crippen molar-refractivity contribution >= 4 is 0 Å². The van der Waals surface area contributed by atoms with Crippen LogP contribution in [0, 0.1) is 22.7 Å². The quantitative estimate of drug-likeness (QED) is 0.713. The average Bonchev–Trinajstić information content (AvgIpc) is 2.55. The molecule has 0 aromatic rings. The van der Waals surface area contributed by atoms with E-state index in [1.165, 1.54) is 19.4 Å². The van der Waals surface area contributed by atoms with Crippen LogP contribution < -0.4 is 5.32 Å². The van der Waals surface area contributed by atoms with E-state index in [0.29, 0.717) is 10.8 Å². The van der Waals surface area contributed by atoms with Gasteiger partial charge in [-0.25, -0.2) is 0 Å². The van der Waals surface area contributed by atoms with Crippen molar-refractivity contribution < 1.29 is 0 Å². The van der Waals surface area contributed by atoms with Gasteiger partial charge in [0.1, 0.15) is 0 Å². The first-order chi connectivity index (χ1) is 6.45. The van der Waals surface area contributed by atoms with Crippen molar-refractivity contribution in [2.75, 3.05) is 13.6 Å². The number of hydrogen-bond donors (Lipinski definition) is 1. The molecule has 1 aliphatic rings. The molecule has 1 fully saturated rings. The van der Waals surface area contributed by atoms with Gasteiger partial charge in [0.05, 0.1) is 0 Å². The summed E-state index contributed by atoms with van der Waals surface area (Å²) in [5, 5.41) is 3.35. The van der Waals surface area contributed by atoms with Crippen LogP contribution in [0.5, 0.6) is 0 Å². The van der Waals surface area contributed by atoms with Gasteiger partial charge in [0.25, 0.3) is 0 Å². The summed E-state index contributed by atoms with van der Waals surface area (Å²) in [5.41, 5.74) is 1.09. The first kappa shape index (κ1) is 12.0. The maximum absolute atomic E-state index is 3.35. The van der Waals surface area contributed by atoms with Crippen LogP contribution in [-0.4, -0.2) is 13.6 Å². The van der Waals surface area contributed by atoms with Crippen molar-refractivity contribution in [3.63, 3.8) is 0 Å². The lowest BCUT2D eigenvalue weighted by Crippen LogP contribution is -2.25. The molecule has 1 saturated carbocycles. The lowest BCUT2D eigenvalue weighted by atomic mass is 9.82. The molecule has 0 aromatic heterocycles. The van der Waals surface area contributed by atoms with Gasteiger partial charge in [-0.3, -0.25) is 0 Å². The summed E-state index contributed by atoms with van der Waals surface area (Å²) in [4.78, 5) is 0. The molecule has 0 heterocycles. The third kappa shape index (κ3) is 1.41. The monoisotopic (exact) mass is 197 g/mol. The SMILES string of the molecule is CCCC(C)C1(C)C(C)C1(C)CNC. The highest BCUT2D eigenvalue weighted by Gasteiger charge is 2.69. The Kier molecular flexibility index (Phi) is 3.30. The van der Waals surface area contributed by atoms with Crippen molar-refractivity contribution in [1.29, 1.82) is 0 Å². The maximum atomic E-state index is 3.35. The summed E-state index contributed by atoms with van der Waals surface area (Å²) in [6.45, 7) is 13.2. The van der Waals surface area contributed by atoms with Gasteiger partial charge in [-0.2, -0.15) is 0 Å². The van der Waals surface area contributed by atoms with Crippen LogP contribution >= 0.6 is 0 Å². The van der Waals surface area contributed by atoms with E-state index >= 15 is 0 Å². The molecule has 0 aliphatic heterocycles. The highest BCUT2D eigenvalue weighted by Crippen LogP contribution is 2.72. The first-order valence-corrected chi connectivity index (χ1v) is 6.09. The van der Waals surface area contributed by atoms with Crippen molar-refractivity contribution in [2.45, 2.75) is 47.5 Å². The standard InChI is InChI=1S/C13H27N/c1-7-8-10(2)13(5)11(3)12(13,4)9-14-6/h10-11,14H,7-9H2,1-6H3. The molecule has 1 N–H and O–H groups in total. The highest BCUT2D eigenvalue weighted by molar-refractivity contribution is 5.17. The molecule has 84 valence electrons. The first-order valence-electron chi connectivity index (χ1n) is 6.09. The van der Waals surface area contributed by atoms with Gasteiger partial charge in [-0.1, -0.05) is 47.5 Å². The molecule has 0 amide bonds. The third-order valence-corrected chi connectivity index (χ3v) is 5.29. The smallest absolute Gasteiger partial charge is 0.00103 e. The number of rotatable bonds is 5. The zero-order valence-corrected chi connectivity index (χ0v) is 10.8. The van der Waals surface area contributed by atoms with Crippen molar-refractivity contribution in [2.24, 2.45) is 22.7 Å². The van der Waals surface area contributed by atoms with Gasteiger partial charge in [-0.05, 0) is 29.7 Å². The van der Waals surface area contributed by atoms with Gasteiger partial charge in [-0.15, -0.1) is 0 Å². The molecule has 4 unspecified atom stereocenters. The van der Waals surface area contributed by atoms with Gasteiger partial charge < -0.3 is 5.32 Å². The molecule has 1 aliphatic carbocycles. The van der Waals surface area contributed by atoms with E-state index < -0.39 is 0 Å². The van der Waals surface area contributed by atoms with Gasteiger partial charge in [0.2, 0.25) is 0 Å². The summed E-state index contributed by atoms with van der Waals surface area (Å²) in [7, 11) is 2.07. The second-order valence-electron chi connectivity index (χ2n) is 5.64. The highest BCUT2D eigenvalue weighted by atomic mass is 14.9. The largest absolute Gasteiger partial charge is 0.319 e. The molecular formula is C13H27N. The molecule has 14 heavy (non-hydrogen) atoms. The number of hydrogen-bond acceptors (Lipinski definition) is 1. The van der Waals surface area contributed by atoms with E-state index in [0.717, 1.165) is 11.8 Å². The van der Waals surface area contributed by atoms with Crippen LogP contribution in [0.3, 0.4) is 0 Å². The Bertz CT molecular complexity index is 201. The summed E-state index contributed by atoms with van der Waals surface area (Å²) in [6, 6.07) is 0. The second kappa shape index (κ2) is 3.84. The minimum Gasteiger partial charge on any atom is -0.319 e. The van der Waals surface area contributed by atoms with E-state index in [1.807, 2.05) is 0 Å². The third-order valence-electron chi connectivity index (χ3n) is 5.29. The molecule has 0 spiro atoms. The van der Waals surface area contributed by atoms with Crippen LogP contribution in [0.2, 0.25) is 0 Å². The van der Waals surface area contributed by atoms with Crippen molar-refractivity contribution in [3.8, 4) is 0 Å². The van der Waals surface area contributed by atoms with E-state index in [2.05, 4.69) is 47.0 Å². The molecule has 4 atom stereocenters. The van der Waals surface area contributed by atoms with Crippen molar-refractivity contribution in [3.05, 3.63) is 0 Å². The normalized spacial score (nSPS) is 43.7. The molecule has 0 aromatic carbocycles. The molecule has 1 rings (SSSR count). The summed E-state index contributed by atoms with van der Waals surface area (Å²) in [6.07, 6.45) is 2.69. The van der Waals surface area contributed by atoms with E-state index in [-0.39, 0.29) is 0 Å². The Morgan fingerprint density at radius 1 is 1.36 bits per heavy atom. The molecule has 0 saturated heterocycles. The van der Waals surface area contributed by atoms with Crippen molar-refractivity contribution in [1.82, 2.24) is 5.32 Å². The van der Waals surface area contributed by atoms with Crippen LogP contribution in [0.15, 0.2) is 0 Å². The van der Waals surface area contributed by atoms with Gasteiger partial charge in [0, 0.05) is 6.54 Å². The molecule has 1 heteroatoms. The Hall–Kier alpha value is -0.0400. The molecular weight excluding hydrogens is 170 g/mol. The fraction of sp³-hybridized carbons (Fsp3) is 1.00. The minimum absolute atomic E-state index is 0.524. The zero-order valence-electron chi connectivity index (χ0n) is 10.8. The van der Waals surface area contributed by atoms with E-state index in [4.69, 9.17) is 0 Å². The Morgan fingerprint density at radius 2 is 1.93 bits per heavy atom. The Labute approximate surface area is 89.7 Å². The molecule has 0 bridgehead atoms. The minimum atomic E-state index is 0.524. The predicted molar refractivity (Wildman–Crippen MR) is 63.4 cm³/mol. The predicted octanol–water partition coefficient (Wildman–Crippen LogP) is 3.30.